The van der Waals surface area contributed by atoms with Crippen molar-refractivity contribution in [3.8, 4) is 11.5 Å². The molecule has 0 aliphatic heterocycles. The summed E-state index contributed by atoms with van der Waals surface area (Å²) in [5, 5.41) is 24.3. The zero-order chi connectivity index (χ0) is 16.1. The van der Waals surface area contributed by atoms with E-state index in [0.717, 1.165) is 0 Å². The third-order valence-electron chi connectivity index (χ3n) is 2.48. The van der Waals surface area contributed by atoms with Crippen molar-refractivity contribution in [3.05, 3.63) is 27.9 Å². The van der Waals surface area contributed by atoms with Crippen LogP contribution in [0.5, 0.6) is 11.5 Å². The van der Waals surface area contributed by atoms with E-state index in [1.807, 2.05) is 6.92 Å². The number of nitrogens with zero attached hydrogens (tertiary/aromatic N) is 4. The van der Waals surface area contributed by atoms with Gasteiger partial charge in [-0.05, 0) is 50.9 Å². The first-order valence-corrected chi connectivity index (χ1v) is 6.92. The van der Waals surface area contributed by atoms with Gasteiger partial charge in [-0.1, -0.05) is 0 Å². The molecule has 0 spiro atoms. The summed E-state index contributed by atoms with van der Waals surface area (Å²) in [5.41, 5.74) is 11.9. The van der Waals surface area contributed by atoms with E-state index in [9.17, 15) is 5.11 Å². The van der Waals surface area contributed by atoms with Crippen LogP contribution in [0.25, 0.3) is 0 Å². The van der Waals surface area contributed by atoms with Crippen LogP contribution < -0.4 is 16.2 Å². The molecule has 9 nitrogen and oxygen atoms in total. The van der Waals surface area contributed by atoms with Crippen molar-refractivity contribution in [1.82, 2.24) is 10.3 Å². The van der Waals surface area contributed by atoms with Gasteiger partial charge in [0.1, 0.15) is 0 Å². The number of benzene rings is 1. The van der Waals surface area contributed by atoms with Gasteiger partial charge >= 0.3 is 0 Å². The molecular weight excluding hydrogens is 356 g/mol. The first-order valence-electron chi connectivity index (χ1n) is 6.13. The molecule has 0 saturated heterocycles. The number of nitrogen functional groups attached to an aromatic ring is 1. The molecule has 1 aromatic carbocycles. The topological polar surface area (TPSA) is 145 Å². The Labute approximate surface area is 133 Å². The third-order valence-corrected chi connectivity index (χ3v) is 3.08. The Hall–Kier alpha value is -2.62. The number of nitrogens with two attached hydrogens (primary N) is 2. The standard InChI is InChI=1S/C12H13BrN6O3/c1-2-21-8-4-6(3-7(13)10(8)20)5-16-17-11(14)9-12(15)19-22-18-9/h3-5,20H,2H2,1H3,(H2,14,17)(H2,15,19). The van der Waals surface area contributed by atoms with Gasteiger partial charge in [0.05, 0.1) is 17.3 Å². The van der Waals surface area contributed by atoms with Gasteiger partial charge < -0.3 is 21.3 Å². The van der Waals surface area contributed by atoms with Crippen molar-refractivity contribution >= 4 is 33.8 Å². The normalized spacial score (nSPS) is 12.0. The molecule has 0 aliphatic carbocycles. The monoisotopic (exact) mass is 368 g/mol. The van der Waals surface area contributed by atoms with Gasteiger partial charge in [-0.15, -0.1) is 5.10 Å². The Balaban J connectivity index is 2.21. The Kier molecular flexibility index (Phi) is 4.94. The van der Waals surface area contributed by atoms with E-state index in [0.29, 0.717) is 22.4 Å². The lowest BCUT2D eigenvalue weighted by atomic mass is 10.2. The molecule has 0 saturated carbocycles. The molecule has 0 unspecified atom stereocenters. The smallest absolute Gasteiger partial charge is 0.199 e. The van der Waals surface area contributed by atoms with Crippen LogP contribution in [0.15, 0.2) is 31.4 Å². The summed E-state index contributed by atoms with van der Waals surface area (Å²) < 4.78 is 10.2. The van der Waals surface area contributed by atoms with Gasteiger partial charge in [0.15, 0.2) is 28.8 Å². The number of aromatic hydroxyl groups is 1. The molecule has 1 heterocycles. The van der Waals surface area contributed by atoms with Crippen LogP contribution in [0, 0.1) is 0 Å². The van der Waals surface area contributed by atoms with E-state index < -0.39 is 0 Å². The summed E-state index contributed by atoms with van der Waals surface area (Å²) in [5.74, 6) is 0.351. The Morgan fingerprint density at radius 2 is 2.27 bits per heavy atom. The molecule has 0 atom stereocenters. The van der Waals surface area contributed by atoms with Crippen LogP contribution in [-0.2, 0) is 0 Å². The lowest BCUT2D eigenvalue weighted by Gasteiger charge is -2.08. The second-order valence-corrected chi connectivity index (χ2v) is 4.86. The highest BCUT2D eigenvalue weighted by atomic mass is 79.9. The molecule has 22 heavy (non-hydrogen) atoms. The summed E-state index contributed by atoms with van der Waals surface area (Å²) in [4.78, 5) is 0. The van der Waals surface area contributed by atoms with Gasteiger partial charge in [0, 0.05) is 0 Å². The minimum absolute atomic E-state index is 0.0171. The third kappa shape index (κ3) is 3.52. The molecule has 0 bridgehead atoms. The molecule has 2 rings (SSSR count). The zero-order valence-corrected chi connectivity index (χ0v) is 13.1. The molecule has 0 fully saturated rings. The number of hydrogen-bond acceptors (Lipinski definition) is 8. The maximum absolute atomic E-state index is 9.82. The predicted octanol–water partition coefficient (Wildman–Crippen LogP) is 1.26. The number of phenols is 1. The van der Waals surface area contributed by atoms with Crippen molar-refractivity contribution in [3.63, 3.8) is 0 Å². The Bertz CT molecular complexity index is 728. The fourth-order valence-electron chi connectivity index (χ4n) is 1.51. The van der Waals surface area contributed by atoms with E-state index in [1.54, 1.807) is 12.1 Å². The molecule has 0 amide bonds. The summed E-state index contributed by atoms with van der Waals surface area (Å²) in [6, 6.07) is 3.27. The molecule has 0 aliphatic rings. The maximum atomic E-state index is 9.82. The molecule has 2 aromatic rings. The minimum Gasteiger partial charge on any atom is -0.503 e. The van der Waals surface area contributed by atoms with Crippen molar-refractivity contribution < 1.29 is 14.5 Å². The zero-order valence-electron chi connectivity index (χ0n) is 11.5. The van der Waals surface area contributed by atoms with Gasteiger partial charge in [-0.2, -0.15) is 5.10 Å². The molecule has 1 aromatic heterocycles. The van der Waals surface area contributed by atoms with Gasteiger partial charge in [-0.3, -0.25) is 0 Å². The average Bonchev–Trinajstić information content (AvgIpc) is 2.90. The average molecular weight is 369 g/mol. The SMILES string of the molecule is CCOc1cc(C=NN=C(N)c2nonc2N)cc(Br)c1O. The molecule has 0 radical (unpaired) electrons. The van der Waals surface area contributed by atoms with Crippen LogP contribution in [0.3, 0.4) is 0 Å². The lowest BCUT2D eigenvalue weighted by molar-refractivity contribution is 0.308. The van der Waals surface area contributed by atoms with E-state index in [-0.39, 0.29) is 23.1 Å². The fraction of sp³-hybridized carbons (Fsp3) is 0.167. The van der Waals surface area contributed by atoms with Gasteiger partial charge in [-0.25, -0.2) is 4.63 Å². The van der Waals surface area contributed by atoms with Crippen LogP contribution in [0.1, 0.15) is 18.2 Å². The minimum atomic E-state index is -0.0297. The number of hydrogen-bond donors (Lipinski definition) is 3. The number of anilines is 1. The highest BCUT2D eigenvalue weighted by Gasteiger charge is 2.10. The van der Waals surface area contributed by atoms with E-state index >= 15 is 0 Å². The van der Waals surface area contributed by atoms with Crippen molar-refractivity contribution in [1.29, 1.82) is 0 Å². The van der Waals surface area contributed by atoms with E-state index in [2.05, 4.69) is 41.1 Å². The first kappa shape index (κ1) is 15.8. The van der Waals surface area contributed by atoms with E-state index in [4.69, 9.17) is 16.2 Å². The van der Waals surface area contributed by atoms with Gasteiger partial charge in [0.2, 0.25) is 0 Å². The largest absolute Gasteiger partial charge is 0.503 e. The predicted molar refractivity (Wildman–Crippen MR) is 84.0 cm³/mol. The second-order valence-electron chi connectivity index (χ2n) is 4.01. The molecule has 10 heteroatoms. The Morgan fingerprint density at radius 1 is 1.50 bits per heavy atom. The quantitative estimate of drug-likeness (QED) is 0.409. The summed E-state index contributed by atoms with van der Waals surface area (Å²) in [7, 11) is 0. The molecule has 5 N–H and O–H groups in total. The summed E-state index contributed by atoms with van der Waals surface area (Å²) in [6.07, 6.45) is 1.43. The number of rotatable bonds is 5. The van der Waals surface area contributed by atoms with Gasteiger partial charge in [0.25, 0.3) is 0 Å². The number of halogens is 1. The van der Waals surface area contributed by atoms with E-state index in [1.165, 1.54) is 6.21 Å². The van der Waals surface area contributed by atoms with Crippen molar-refractivity contribution in [2.24, 2.45) is 15.9 Å². The molecule has 116 valence electrons. The fourth-order valence-corrected chi connectivity index (χ4v) is 1.97. The highest BCUT2D eigenvalue weighted by Crippen LogP contribution is 2.35. The summed E-state index contributed by atoms with van der Waals surface area (Å²) >= 11 is 3.23. The maximum Gasteiger partial charge on any atom is 0.199 e. The van der Waals surface area contributed by atoms with Crippen LogP contribution >= 0.6 is 15.9 Å². The first-order chi connectivity index (χ1) is 10.5. The van der Waals surface area contributed by atoms with Crippen molar-refractivity contribution in [2.75, 3.05) is 12.3 Å². The second kappa shape index (κ2) is 6.89. The number of ether oxygens (including phenoxy) is 1. The van der Waals surface area contributed by atoms with Crippen LogP contribution in [0.2, 0.25) is 0 Å². The lowest BCUT2D eigenvalue weighted by Crippen LogP contribution is -2.15. The van der Waals surface area contributed by atoms with Crippen LogP contribution in [0.4, 0.5) is 5.82 Å². The number of amidine groups is 1. The number of aromatic nitrogens is 2. The molecular formula is C12H13BrN6O3. The highest BCUT2D eigenvalue weighted by molar-refractivity contribution is 9.10. The Morgan fingerprint density at radius 3 is 2.91 bits per heavy atom. The number of phenolic OH excluding ortho intramolecular Hbond substituents is 1. The van der Waals surface area contributed by atoms with Crippen molar-refractivity contribution in [2.45, 2.75) is 6.92 Å². The summed E-state index contributed by atoms with van der Waals surface area (Å²) in [6.45, 7) is 2.24. The van der Waals surface area contributed by atoms with Crippen LogP contribution in [-0.4, -0.2) is 34.1 Å².